The Hall–Kier alpha value is -1.10. The van der Waals surface area contributed by atoms with Gasteiger partial charge in [0.15, 0.2) is 0 Å². The lowest BCUT2D eigenvalue weighted by atomic mass is 9.89. The van der Waals surface area contributed by atoms with E-state index in [-0.39, 0.29) is 5.92 Å². The van der Waals surface area contributed by atoms with Crippen molar-refractivity contribution in [1.82, 2.24) is 5.23 Å². The molecule has 1 fully saturated rings. The molecule has 1 atom stereocenters. The van der Waals surface area contributed by atoms with E-state index >= 15 is 0 Å². The Kier molecular flexibility index (Phi) is 4.93. The fraction of sp³-hybridized carbons (Fsp3) is 0.750. The molecule has 1 aliphatic rings. The van der Waals surface area contributed by atoms with Crippen molar-refractivity contribution in [1.29, 1.82) is 0 Å². The molecule has 1 radical (unpaired) electrons. The highest BCUT2D eigenvalue weighted by Gasteiger charge is 2.27. The Morgan fingerprint density at radius 3 is 2.59 bits per heavy atom. The maximum absolute atomic E-state index is 11.7. The van der Waals surface area contributed by atoms with Gasteiger partial charge >= 0.3 is 5.97 Å². The van der Waals surface area contributed by atoms with E-state index in [1.807, 2.05) is 6.42 Å². The van der Waals surface area contributed by atoms with Crippen LogP contribution in [0.25, 0.3) is 0 Å². The number of nitrogens with zero attached hydrogens (tertiary/aromatic N) is 1. The quantitative estimate of drug-likeness (QED) is 0.559. The first-order chi connectivity index (χ1) is 7.92. The number of hydrogen-bond donors (Lipinski definition) is 0. The first-order valence-corrected chi connectivity index (χ1v) is 5.91. The van der Waals surface area contributed by atoms with Gasteiger partial charge in [-0.3, -0.25) is 4.79 Å². The van der Waals surface area contributed by atoms with Crippen molar-refractivity contribution < 1.29 is 19.3 Å². The van der Waals surface area contributed by atoms with E-state index in [9.17, 15) is 9.59 Å². The zero-order chi connectivity index (χ0) is 12.9. The van der Waals surface area contributed by atoms with Crippen molar-refractivity contribution in [3.63, 3.8) is 0 Å². The molecule has 1 aliphatic carbocycles. The monoisotopic (exact) mass is 242 g/mol. The summed E-state index contributed by atoms with van der Waals surface area (Å²) in [6, 6.07) is 0. The van der Waals surface area contributed by atoms with Gasteiger partial charge in [-0.15, -0.1) is 0 Å². The van der Waals surface area contributed by atoms with Crippen molar-refractivity contribution >= 4 is 12.4 Å². The zero-order valence-corrected chi connectivity index (χ0v) is 10.6. The van der Waals surface area contributed by atoms with Gasteiger partial charge in [0.1, 0.15) is 0 Å². The molecule has 0 aromatic heterocycles. The molecule has 0 saturated heterocycles. The van der Waals surface area contributed by atoms with Crippen molar-refractivity contribution in [3.8, 4) is 0 Å². The summed E-state index contributed by atoms with van der Waals surface area (Å²) >= 11 is 0. The van der Waals surface area contributed by atoms with E-state index in [0.717, 1.165) is 25.7 Å². The van der Waals surface area contributed by atoms with Gasteiger partial charge in [-0.2, -0.15) is 0 Å². The van der Waals surface area contributed by atoms with E-state index < -0.39 is 11.6 Å². The predicted molar refractivity (Wildman–Crippen MR) is 61.1 cm³/mol. The van der Waals surface area contributed by atoms with Crippen LogP contribution < -0.4 is 0 Å². The second kappa shape index (κ2) is 6.00. The average Bonchev–Trinajstić information content (AvgIpc) is 2.27. The molecule has 1 saturated carbocycles. The molecule has 0 aromatic rings. The van der Waals surface area contributed by atoms with E-state index in [1.54, 1.807) is 20.8 Å². The maximum Gasteiger partial charge on any atom is 0.338 e. The number of rotatable bonds is 4. The van der Waals surface area contributed by atoms with E-state index in [0.29, 0.717) is 11.6 Å². The summed E-state index contributed by atoms with van der Waals surface area (Å²) in [6.07, 6.45) is 6.11. The van der Waals surface area contributed by atoms with Crippen LogP contribution in [-0.2, 0) is 19.3 Å². The van der Waals surface area contributed by atoms with Crippen LogP contribution in [-0.4, -0.2) is 23.2 Å². The number of hydroxylamine groups is 2. The Balaban J connectivity index is 2.44. The first kappa shape index (κ1) is 14.0. The summed E-state index contributed by atoms with van der Waals surface area (Å²) in [4.78, 5) is 32.5. The molecule has 0 aromatic carbocycles. The standard InChI is InChI=1S/C12H20NO4/c1-12(2,3)17-13(9-14)16-11(15)10-7-5-4-6-8-10/h7,9-10H,4-6,8H2,1-3H3. The molecule has 1 amide bonds. The van der Waals surface area contributed by atoms with Crippen LogP contribution in [0.5, 0.6) is 0 Å². The smallest absolute Gasteiger partial charge is 0.312 e. The van der Waals surface area contributed by atoms with Crippen LogP contribution in [0.1, 0.15) is 46.5 Å². The zero-order valence-electron chi connectivity index (χ0n) is 10.6. The lowest BCUT2D eigenvalue weighted by Gasteiger charge is -2.26. The van der Waals surface area contributed by atoms with Crippen molar-refractivity contribution in [2.75, 3.05) is 0 Å². The summed E-state index contributed by atoms with van der Waals surface area (Å²) < 4.78 is 0. The largest absolute Gasteiger partial charge is 0.338 e. The Bertz CT molecular complexity index is 266. The van der Waals surface area contributed by atoms with Gasteiger partial charge in [-0.05, 0) is 45.3 Å². The second-order valence-corrected chi connectivity index (χ2v) is 5.13. The minimum atomic E-state index is -0.586. The van der Waals surface area contributed by atoms with Gasteiger partial charge in [0.25, 0.3) is 6.41 Å². The number of carbonyl (C=O) groups excluding carboxylic acids is 2. The summed E-state index contributed by atoms with van der Waals surface area (Å²) in [5.41, 5.74) is -0.586. The van der Waals surface area contributed by atoms with Crippen LogP contribution in [0.3, 0.4) is 0 Å². The predicted octanol–water partition coefficient (Wildman–Crippen LogP) is 2.03. The topological polar surface area (TPSA) is 55.8 Å². The van der Waals surface area contributed by atoms with E-state index in [2.05, 4.69) is 0 Å². The minimum Gasteiger partial charge on any atom is -0.312 e. The van der Waals surface area contributed by atoms with Crippen LogP contribution >= 0.6 is 0 Å². The fourth-order valence-corrected chi connectivity index (χ4v) is 1.65. The molecule has 0 heterocycles. The van der Waals surface area contributed by atoms with Crippen molar-refractivity contribution in [3.05, 3.63) is 6.42 Å². The Labute approximate surface area is 102 Å². The average molecular weight is 242 g/mol. The summed E-state index contributed by atoms with van der Waals surface area (Å²) in [6.45, 7) is 5.30. The molecule has 17 heavy (non-hydrogen) atoms. The molecule has 1 rings (SSSR count). The molecule has 0 bridgehead atoms. The van der Waals surface area contributed by atoms with Gasteiger partial charge in [-0.25, -0.2) is 9.63 Å². The van der Waals surface area contributed by atoms with Gasteiger partial charge in [0, 0.05) is 0 Å². The highest BCUT2D eigenvalue weighted by atomic mass is 17.0. The van der Waals surface area contributed by atoms with Gasteiger partial charge in [-0.1, -0.05) is 12.8 Å². The normalized spacial score (nSPS) is 17.6. The third-order valence-corrected chi connectivity index (χ3v) is 2.35. The van der Waals surface area contributed by atoms with Gasteiger partial charge in [0.2, 0.25) is 0 Å². The second-order valence-electron chi connectivity index (χ2n) is 5.13. The lowest BCUT2D eigenvalue weighted by molar-refractivity contribution is -0.349. The number of amides is 1. The highest BCUT2D eigenvalue weighted by Crippen LogP contribution is 2.24. The third-order valence-electron chi connectivity index (χ3n) is 2.35. The third kappa shape index (κ3) is 5.17. The first-order valence-electron chi connectivity index (χ1n) is 5.91. The molecule has 0 aliphatic heterocycles. The molecule has 0 spiro atoms. The molecular weight excluding hydrogens is 222 g/mol. The van der Waals surface area contributed by atoms with Crippen LogP contribution in [0.15, 0.2) is 0 Å². The highest BCUT2D eigenvalue weighted by molar-refractivity contribution is 5.74. The SMILES string of the molecule is CC(C)(C)ON(C=O)OC(=O)C1[CH]CCCC1. The molecule has 1 unspecified atom stereocenters. The summed E-state index contributed by atoms with van der Waals surface area (Å²) in [5, 5.41) is 0.602. The lowest BCUT2D eigenvalue weighted by Crippen LogP contribution is -2.37. The Morgan fingerprint density at radius 2 is 2.12 bits per heavy atom. The maximum atomic E-state index is 11.7. The molecule has 5 heteroatoms. The van der Waals surface area contributed by atoms with E-state index in [4.69, 9.17) is 9.68 Å². The van der Waals surface area contributed by atoms with Crippen molar-refractivity contribution in [2.45, 2.75) is 52.1 Å². The van der Waals surface area contributed by atoms with Gasteiger partial charge in [0.05, 0.1) is 11.5 Å². The fourth-order valence-electron chi connectivity index (χ4n) is 1.65. The Morgan fingerprint density at radius 1 is 1.41 bits per heavy atom. The summed E-state index contributed by atoms with van der Waals surface area (Å²) in [7, 11) is 0. The molecule has 0 N–H and O–H groups in total. The van der Waals surface area contributed by atoms with Crippen molar-refractivity contribution in [2.24, 2.45) is 5.92 Å². The van der Waals surface area contributed by atoms with E-state index in [1.165, 1.54) is 0 Å². The van der Waals surface area contributed by atoms with Crippen LogP contribution in [0.2, 0.25) is 0 Å². The molecule has 5 nitrogen and oxygen atoms in total. The summed E-state index contributed by atoms with van der Waals surface area (Å²) in [5.74, 6) is -0.657. The molecule has 97 valence electrons. The van der Waals surface area contributed by atoms with Crippen LogP contribution in [0, 0.1) is 12.3 Å². The van der Waals surface area contributed by atoms with Crippen LogP contribution in [0.4, 0.5) is 0 Å². The number of carbonyl (C=O) groups is 2. The molecular formula is C12H20NO4. The minimum absolute atomic E-state index is 0.227. The number of hydrogen-bond acceptors (Lipinski definition) is 4. The van der Waals surface area contributed by atoms with Gasteiger partial charge < -0.3 is 4.84 Å².